The molecule has 0 saturated carbocycles. The number of para-hydroxylation sites is 7. The molecule has 0 bridgehead atoms. The van der Waals surface area contributed by atoms with Crippen molar-refractivity contribution < 1.29 is 33.2 Å². The van der Waals surface area contributed by atoms with Crippen molar-refractivity contribution in [3.05, 3.63) is 225 Å². The van der Waals surface area contributed by atoms with Crippen molar-refractivity contribution >= 4 is 44.4 Å². The van der Waals surface area contributed by atoms with E-state index in [1.54, 1.807) is 34.2 Å². The van der Waals surface area contributed by atoms with Crippen molar-refractivity contribution in [2.75, 3.05) is 31.9 Å². The van der Waals surface area contributed by atoms with Gasteiger partial charge in [-0.3, -0.25) is 9.78 Å². The minimum Gasteiger partial charge on any atom is -0.489 e. The minimum absolute atomic E-state index is 0.128. The monoisotopic (exact) mass is 1530 g/mol. The van der Waals surface area contributed by atoms with Gasteiger partial charge >= 0.3 is 0 Å². The molecule has 2 aromatic heterocycles. The number of thiophene rings is 1. The number of rotatable bonds is 2. The number of hydrogen-bond donors (Lipinski definition) is 1. The van der Waals surface area contributed by atoms with Gasteiger partial charge in [0.1, 0.15) is 12.7 Å². The second-order valence-corrected chi connectivity index (χ2v) is 36.0. The number of aromatic nitrogens is 1. The van der Waals surface area contributed by atoms with Gasteiger partial charge < -0.3 is 33.7 Å². The highest BCUT2D eigenvalue weighted by atomic mass is 32.1. The molecule has 11 heteroatoms. The summed E-state index contributed by atoms with van der Waals surface area (Å²) in [5.74, 6) is 12.0. The number of hydrogen-bond acceptors (Lipinski definition) is 10. The number of nitrogens with one attached hydrogen (secondary N) is 1. The summed E-state index contributed by atoms with van der Waals surface area (Å²) < 4.78 is 33.5. The Balaban J connectivity index is 0.000000601. The van der Waals surface area contributed by atoms with Gasteiger partial charge in [0.25, 0.3) is 0 Å². The van der Waals surface area contributed by atoms with E-state index in [9.17, 15) is 4.79 Å². The van der Waals surface area contributed by atoms with Crippen molar-refractivity contribution in [3.8, 4) is 34.5 Å². The highest BCUT2D eigenvalue weighted by molar-refractivity contribution is 7.19. The Hall–Kier alpha value is -7.60. The van der Waals surface area contributed by atoms with Crippen LogP contribution in [0, 0.1) is 55.3 Å². The molecule has 9 aromatic rings. The first-order valence-corrected chi connectivity index (χ1v) is 41.9. The SMILES string of the molecule is CC(C)C.CC(C)C.CC(C)C.CC(C)C.CC(C)C.CC(C)C.CC(C)c1cc2ccccc2s1.CC1(C)CCC(C)(C)c2ccccc21.CC1COc2ccccc2O1.CC1COc2ccccc2OC1.Cc1ccc(C)c(C(C)C)c1.O=C1CCc2ccccc2N1.c1ccc2c(c1)OCO2.c1cscn1. The van der Waals surface area contributed by atoms with Gasteiger partial charge in [0.15, 0.2) is 34.5 Å². The second kappa shape index (κ2) is 54.9. The van der Waals surface area contributed by atoms with Gasteiger partial charge in [-0.05, 0) is 186 Å². The molecule has 109 heavy (non-hydrogen) atoms. The zero-order chi connectivity index (χ0) is 82.2. The lowest BCUT2D eigenvalue weighted by Crippen LogP contribution is -2.33. The first kappa shape index (κ1) is 99.4. The number of amides is 1. The van der Waals surface area contributed by atoms with E-state index in [2.05, 4.69) is 290 Å². The molecule has 7 aromatic carbocycles. The fourth-order valence-corrected chi connectivity index (χ4v) is 11.3. The summed E-state index contributed by atoms with van der Waals surface area (Å²) in [7, 11) is 0. The Morgan fingerprint density at radius 2 is 0.853 bits per heavy atom. The van der Waals surface area contributed by atoms with E-state index in [1.165, 1.54) is 50.1 Å². The number of ether oxygens (including phenoxy) is 6. The molecule has 0 spiro atoms. The van der Waals surface area contributed by atoms with Crippen LogP contribution < -0.4 is 33.7 Å². The number of nitrogens with zero attached hydrogens (tertiary/aromatic N) is 1. The lowest BCUT2D eigenvalue weighted by molar-refractivity contribution is -0.116. The third-order valence-electron chi connectivity index (χ3n) is 14.9. The minimum atomic E-state index is 0.128. The number of thiazole rings is 1. The Bertz CT molecular complexity index is 3590. The van der Waals surface area contributed by atoms with Crippen LogP contribution in [0.5, 0.6) is 34.5 Å². The number of aryl methyl sites for hydroxylation is 3. The average molecular weight is 1530 g/mol. The fourth-order valence-electron chi connectivity index (χ4n) is 9.89. The van der Waals surface area contributed by atoms with Gasteiger partial charge in [0, 0.05) is 39.2 Å². The molecule has 1 N–H and O–H groups in total. The van der Waals surface area contributed by atoms with Crippen LogP contribution in [-0.2, 0) is 22.0 Å². The Labute approximate surface area is 673 Å². The summed E-state index contributed by atoms with van der Waals surface area (Å²) in [5.41, 5.74) is 12.1. The van der Waals surface area contributed by atoms with Crippen molar-refractivity contribution in [2.24, 2.45) is 41.4 Å². The summed E-state index contributed by atoms with van der Waals surface area (Å²) in [5, 5.41) is 6.13. The zero-order valence-electron chi connectivity index (χ0n) is 73.4. The quantitative estimate of drug-likeness (QED) is 0.183. The first-order chi connectivity index (χ1) is 51.3. The summed E-state index contributed by atoms with van der Waals surface area (Å²) in [6.45, 7) is 68.3. The smallest absolute Gasteiger partial charge is 0.231 e. The number of carbonyl (C=O) groups excluding carboxylic acids is 1. The fraction of sp³-hybridized carbons (Fsp3) is 0.510. The predicted octanol–water partition coefficient (Wildman–Crippen LogP) is 29.5. The molecular weight excluding hydrogens is 1380 g/mol. The van der Waals surface area contributed by atoms with Crippen LogP contribution in [-0.4, -0.2) is 43.6 Å². The number of benzene rings is 7. The summed E-state index contributed by atoms with van der Waals surface area (Å²) >= 11 is 3.51. The molecule has 0 fully saturated rings. The Morgan fingerprint density at radius 3 is 1.27 bits per heavy atom. The van der Waals surface area contributed by atoms with Gasteiger partial charge in [-0.15, -0.1) is 22.7 Å². The molecule has 1 aliphatic carbocycles. The van der Waals surface area contributed by atoms with Crippen LogP contribution in [0.2, 0.25) is 0 Å². The predicted molar refractivity (Wildman–Crippen MR) is 477 cm³/mol. The summed E-state index contributed by atoms with van der Waals surface area (Å²) in [6, 6.07) is 57.5. The highest BCUT2D eigenvalue weighted by Crippen LogP contribution is 2.45. The molecule has 0 saturated heterocycles. The Morgan fingerprint density at radius 1 is 0.450 bits per heavy atom. The highest BCUT2D eigenvalue weighted by Gasteiger charge is 2.36. The van der Waals surface area contributed by atoms with Gasteiger partial charge in [-0.2, -0.15) is 0 Å². The molecule has 1 atom stereocenters. The summed E-state index contributed by atoms with van der Waals surface area (Å²) in [6.07, 6.45) is 6.04. The van der Waals surface area contributed by atoms with E-state index in [0.29, 0.717) is 48.4 Å². The van der Waals surface area contributed by atoms with E-state index in [4.69, 9.17) is 28.4 Å². The van der Waals surface area contributed by atoms with Crippen LogP contribution in [0.3, 0.4) is 0 Å². The molecule has 9 nitrogen and oxygen atoms in total. The maximum absolute atomic E-state index is 10.9. The van der Waals surface area contributed by atoms with Crippen molar-refractivity contribution in [1.29, 1.82) is 0 Å². The van der Waals surface area contributed by atoms with E-state index in [1.807, 2.05) is 115 Å². The number of anilines is 1. The molecule has 4 aliphatic heterocycles. The van der Waals surface area contributed by atoms with Crippen LogP contribution in [0.25, 0.3) is 10.1 Å². The molecule has 0 radical (unpaired) electrons. The molecule has 604 valence electrons. The number of fused-ring (bicyclic) bond motifs is 6. The van der Waals surface area contributed by atoms with E-state index in [0.717, 1.165) is 95.3 Å². The van der Waals surface area contributed by atoms with Gasteiger partial charge in [-0.25, -0.2) is 0 Å². The standard InChI is InChI=1S/C14H20.C11H12S.C11H16.C10H12O2.C9H9NO.C9H10O2.C7H6O2.6C4H10.C3H3NS/c1-13(2)9-10-14(3,4)12-8-6-5-7-11(12)13;1-8(2)11-7-9-5-3-4-6-10(9)12-11;1-8(2)11-7-9(3)5-6-10(11)4;1-8-6-11-9-4-2-3-5-10(9)12-7-8;11-9-6-5-7-3-1-2-4-8(7)10-9;1-7-6-10-8-4-2-3-5-9(8)11-7;1-2-4-7-6(3-1)8-5-9-7;6*1-4(2)3;1-2-5-3-4-1/h5-8H,9-10H2,1-4H3;3-8H,1-2H3;5-8H,1-4H3;2-5,8H,6-7H2,1H3;1-4H,5-6H2,(H,10,11);2-5,7H,6H2,1H3;1-4H,5H2;6*4H,1-3H3;1-3H. The van der Waals surface area contributed by atoms with Crippen molar-refractivity contribution in [2.45, 2.75) is 262 Å². The first-order valence-electron chi connectivity index (χ1n) is 40.2. The molecule has 1 unspecified atom stereocenters. The van der Waals surface area contributed by atoms with Crippen LogP contribution in [0.1, 0.15) is 263 Å². The van der Waals surface area contributed by atoms with Crippen molar-refractivity contribution in [3.63, 3.8) is 0 Å². The molecule has 14 rings (SSSR count). The van der Waals surface area contributed by atoms with Crippen molar-refractivity contribution in [1.82, 2.24) is 4.98 Å². The third-order valence-corrected chi connectivity index (χ3v) is 16.9. The topological polar surface area (TPSA) is 97.4 Å². The van der Waals surface area contributed by atoms with Gasteiger partial charge in [-0.1, -0.05) is 308 Å². The average Bonchev–Trinajstić information content (AvgIpc) is 1.32. The van der Waals surface area contributed by atoms with Gasteiger partial charge in [0.05, 0.1) is 18.7 Å². The third kappa shape index (κ3) is 46.0. The largest absolute Gasteiger partial charge is 0.489 e. The van der Waals surface area contributed by atoms with E-state index < -0.39 is 0 Å². The lowest BCUT2D eigenvalue weighted by Gasteiger charge is -2.41. The van der Waals surface area contributed by atoms with E-state index >= 15 is 0 Å². The van der Waals surface area contributed by atoms with Crippen LogP contribution >= 0.6 is 22.7 Å². The lowest BCUT2D eigenvalue weighted by atomic mass is 9.63. The zero-order valence-corrected chi connectivity index (χ0v) is 75.1. The maximum Gasteiger partial charge on any atom is 0.231 e. The maximum atomic E-state index is 10.9. The second-order valence-electron chi connectivity index (χ2n) is 34.2. The molecule has 6 heterocycles. The van der Waals surface area contributed by atoms with Crippen LogP contribution in [0.4, 0.5) is 5.69 Å². The summed E-state index contributed by atoms with van der Waals surface area (Å²) in [4.78, 5) is 16.1. The molecule has 5 aliphatic rings. The number of carbonyl (C=O) groups is 1. The van der Waals surface area contributed by atoms with E-state index in [-0.39, 0.29) is 12.0 Å². The van der Waals surface area contributed by atoms with Crippen LogP contribution in [0.15, 0.2) is 187 Å². The Kier molecular flexibility index (Phi) is 50.1. The molecule has 1 amide bonds. The normalized spacial score (nSPS) is 14.3. The molecular formula is C98H148N2O7S2. The van der Waals surface area contributed by atoms with Gasteiger partial charge in [0.2, 0.25) is 12.7 Å².